The number of thiazole rings is 1. The second-order valence-electron chi connectivity index (χ2n) is 4.54. The summed E-state index contributed by atoms with van der Waals surface area (Å²) in [6.07, 6.45) is -2.50. The van der Waals surface area contributed by atoms with Crippen LogP contribution in [0, 0.1) is 5.82 Å². The largest absolute Gasteiger partial charge is 0.417 e. The number of alkyl halides is 3. The van der Waals surface area contributed by atoms with Gasteiger partial charge in [0.2, 0.25) is 0 Å². The molecule has 1 aromatic carbocycles. The van der Waals surface area contributed by atoms with Gasteiger partial charge < -0.3 is 0 Å². The molecular weight excluding hydrogens is 278 g/mol. The molecule has 0 saturated heterocycles. The number of rotatable bonds is 2. The van der Waals surface area contributed by atoms with Crippen LogP contribution in [0.2, 0.25) is 0 Å². The standard InChI is InChI=1S/C13H9F4NS/c14-8-3-4-9(10(5-8)13(15,16)17)12-18-11(6-19-12)7-1-2-7/h3-7H,1-2H2. The van der Waals surface area contributed by atoms with Gasteiger partial charge in [0.1, 0.15) is 10.8 Å². The molecule has 0 atom stereocenters. The molecule has 3 rings (SSSR count). The molecular formula is C13H9F4NS. The third kappa shape index (κ3) is 2.49. The summed E-state index contributed by atoms with van der Waals surface area (Å²) < 4.78 is 51.7. The maximum absolute atomic E-state index is 13.0. The highest BCUT2D eigenvalue weighted by atomic mass is 32.1. The maximum Gasteiger partial charge on any atom is 0.417 e. The van der Waals surface area contributed by atoms with Gasteiger partial charge in [-0.3, -0.25) is 0 Å². The third-order valence-corrected chi connectivity index (χ3v) is 3.93. The molecule has 0 radical (unpaired) electrons. The van der Waals surface area contributed by atoms with E-state index in [0.717, 1.165) is 30.7 Å². The first-order valence-electron chi connectivity index (χ1n) is 5.77. The highest BCUT2D eigenvalue weighted by Crippen LogP contribution is 2.43. The molecule has 6 heteroatoms. The minimum absolute atomic E-state index is 0.0502. The minimum atomic E-state index is -4.58. The number of halogens is 4. The molecule has 1 fully saturated rings. The molecule has 1 nitrogen and oxygen atoms in total. The molecule has 19 heavy (non-hydrogen) atoms. The van der Waals surface area contributed by atoms with E-state index < -0.39 is 17.6 Å². The van der Waals surface area contributed by atoms with Gasteiger partial charge in [-0.2, -0.15) is 13.2 Å². The molecule has 2 aromatic rings. The summed E-state index contributed by atoms with van der Waals surface area (Å²) >= 11 is 1.17. The van der Waals surface area contributed by atoms with Crippen molar-refractivity contribution in [2.45, 2.75) is 24.9 Å². The van der Waals surface area contributed by atoms with Crippen molar-refractivity contribution >= 4 is 11.3 Å². The van der Waals surface area contributed by atoms with Gasteiger partial charge in [0.15, 0.2) is 0 Å². The lowest BCUT2D eigenvalue weighted by Crippen LogP contribution is -2.07. The lowest BCUT2D eigenvalue weighted by Gasteiger charge is -2.11. The van der Waals surface area contributed by atoms with E-state index in [9.17, 15) is 17.6 Å². The summed E-state index contributed by atoms with van der Waals surface area (Å²) in [5.41, 5.74) is -0.174. The van der Waals surface area contributed by atoms with Gasteiger partial charge in [-0.05, 0) is 31.0 Å². The Kier molecular flexibility index (Phi) is 2.85. The van der Waals surface area contributed by atoms with Crippen LogP contribution in [-0.4, -0.2) is 4.98 Å². The average molecular weight is 287 g/mol. The van der Waals surface area contributed by atoms with E-state index in [0.29, 0.717) is 17.0 Å². The van der Waals surface area contributed by atoms with Gasteiger partial charge in [-0.1, -0.05) is 0 Å². The van der Waals surface area contributed by atoms with Crippen LogP contribution in [0.3, 0.4) is 0 Å². The zero-order chi connectivity index (χ0) is 13.6. The lowest BCUT2D eigenvalue weighted by atomic mass is 10.1. The van der Waals surface area contributed by atoms with Crippen molar-refractivity contribution in [3.05, 3.63) is 40.7 Å². The maximum atomic E-state index is 13.0. The molecule has 100 valence electrons. The Morgan fingerprint density at radius 3 is 2.58 bits per heavy atom. The Morgan fingerprint density at radius 1 is 1.21 bits per heavy atom. The number of aromatic nitrogens is 1. The molecule has 1 aromatic heterocycles. The number of hydrogen-bond donors (Lipinski definition) is 0. The Hall–Kier alpha value is -1.43. The van der Waals surface area contributed by atoms with Crippen molar-refractivity contribution < 1.29 is 17.6 Å². The van der Waals surface area contributed by atoms with Gasteiger partial charge in [-0.15, -0.1) is 11.3 Å². The second-order valence-corrected chi connectivity index (χ2v) is 5.40. The van der Waals surface area contributed by atoms with E-state index in [1.807, 2.05) is 0 Å². The lowest BCUT2D eigenvalue weighted by molar-refractivity contribution is -0.137. The van der Waals surface area contributed by atoms with Crippen LogP contribution in [0.4, 0.5) is 17.6 Å². The molecule has 1 saturated carbocycles. The van der Waals surface area contributed by atoms with Gasteiger partial charge in [-0.25, -0.2) is 9.37 Å². The van der Waals surface area contributed by atoms with Crippen molar-refractivity contribution in [2.24, 2.45) is 0 Å². The number of nitrogens with zero attached hydrogens (tertiary/aromatic N) is 1. The van der Waals surface area contributed by atoms with E-state index in [1.54, 1.807) is 5.38 Å². The monoisotopic (exact) mass is 287 g/mol. The summed E-state index contributed by atoms with van der Waals surface area (Å²) in [7, 11) is 0. The van der Waals surface area contributed by atoms with Crippen molar-refractivity contribution in [1.29, 1.82) is 0 Å². The fourth-order valence-electron chi connectivity index (χ4n) is 1.91. The van der Waals surface area contributed by atoms with Crippen molar-refractivity contribution in [3.63, 3.8) is 0 Å². The predicted octanol–water partition coefficient (Wildman–Crippen LogP) is 4.85. The highest BCUT2D eigenvalue weighted by Gasteiger charge is 2.35. The first-order valence-corrected chi connectivity index (χ1v) is 6.65. The zero-order valence-electron chi connectivity index (χ0n) is 9.67. The minimum Gasteiger partial charge on any atom is -0.241 e. The van der Waals surface area contributed by atoms with Crippen molar-refractivity contribution in [2.75, 3.05) is 0 Å². The second kappa shape index (κ2) is 4.30. The van der Waals surface area contributed by atoms with Crippen LogP contribution in [0.5, 0.6) is 0 Å². The van der Waals surface area contributed by atoms with Crippen LogP contribution in [0.1, 0.15) is 30.0 Å². The summed E-state index contributed by atoms with van der Waals surface area (Å²) in [5.74, 6) is -0.505. The van der Waals surface area contributed by atoms with E-state index in [1.165, 1.54) is 11.3 Å². The van der Waals surface area contributed by atoms with E-state index >= 15 is 0 Å². The smallest absolute Gasteiger partial charge is 0.241 e. The molecule has 0 bridgehead atoms. The summed E-state index contributed by atoms with van der Waals surface area (Å²) in [6.45, 7) is 0. The van der Waals surface area contributed by atoms with E-state index in [2.05, 4.69) is 4.98 Å². The van der Waals surface area contributed by atoms with Crippen LogP contribution < -0.4 is 0 Å². The normalized spacial score (nSPS) is 15.8. The van der Waals surface area contributed by atoms with Crippen LogP contribution >= 0.6 is 11.3 Å². The van der Waals surface area contributed by atoms with Crippen LogP contribution in [-0.2, 0) is 6.18 Å². The Bertz CT molecular complexity index is 613. The Balaban J connectivity index is 2.07. The van der Waals surface area contributed by atoms with Crippen molar-refractivity contribution in [1.82, 2.24) is 4.98 Å². The van der Waals surface area contributed by atoms with Crippen molar-refractivity contribution in [3.8, 4) is 10.6 Å². The first-order chi connectivity index (χ1) is 8.95. The molecule has 1 heterocycles. The predicted molar refractivity (Wildman–Crippen MR) is 64.5 cm³/mol. The molecule has 1 aliphatic carbocycles. The van der Waals surface area contributed by atoms with Gasteiger partial charge >= 0.3 is 6.18 Å². The fraction of sp³-hybridized carbons (Fsp3) is 0.308. The summed E-state index contributed by atoms with van der Waals surface area (Å²) in [6, 6.07) is 2.70. The fourth-order valence-corrected chi connectivity index (χ4v) is 2.85. The Morgan fingerprint density at radius 2 is 1.95 bits per heavy atom. The van der Waals surface area contributed by atoms with Crippen LogP contribution in [0.25, 0.3) is 10.6 Å². The van der Waals surface area contributed by atoms with Gasteiger partial charge in [0, 0.05) is 16.9 Å². The SMILES string of the molecule is Fc1ccc(-c2nc(C3CC3)cs2)c(C(F)(F)F)c1. The molecule has 0 aliphatic heterocycles. The molecule has 0 unspecified atom stereocenters. The number of benzene rings is 1. The third-order valence-electron chi connectivity index (χ3n) is 3.03. The molecule has 0 spiro atoms. The first kappa shape index (κ1) is 12.6. The van der Waals surface area contributed by atoms with E-state index in [4.69, 9.17) is 0 Å². The van der Waals surface area contributed by atoms with Gasteiger partial charge in [0.25, 0.3) is 0 Å². The van der Waals surface area contributed by atoms with Gasteiger partial charge in [0.05, 0.1) is 11.3 Å². The quantitative estimate of drug-likeness (QED) is 0.720. The summed E-state index contributed by atoms with van der Waals surface area (Å²) in [5, 5.41) is 2.09. The molecule has 1 aliphatic rings. The van der Waals surface area contributed by atoms with Crippen LogP contribution in [0.15, 0.2) is 23.6 Å². The summed E-state index contributed by atoms with van der Waals surface area (Å²) in [4.78, 5) is 4.24. The average Bonchev–Trinajstić information content (AvgIpc) is 3.07. The molecule has 0 N–H and O–H groups in total. The number of hydrogen-bond acceptors (Lipinski definition) is 2. The topological polar surface area (TPSA) is 12.9 Å². The van der Waals surface area contributed by atoms with E-state index in [-0.39, 0.29) is 5.56 Å². The highest BCUT2D eigenvalue weighted by molar-refractivity contribution is 7.13. The Labute approximate surface area is 110 Å². The molecule has 0 amide bonds. The zero-order valence-corrected chi connectivity index (χ0v) is 10.5.